The van der Waals surface area contributed by atoms with Gasteiger partial charge in [0.25, 0.3) is 0 Å². The predicted octanol–water partition coefficient (Wildman–Crippen LogP) is 4.95. The lowest BCUT2D eigenvalue weighted by Crippen LogP contribution is -2.72. The molecule has 13 heteroatoms. The number of hydroxylamine groups is 2. The summed E-state index contributed by atoms with van der Waals surface area (Å²) in [6.45, 7) is 2.49. The van der Waals surface area contributed by atoms with Crippen LogP contribution in [0.4, 0.5) is 13.2 Å². The minimum atomic E-state index is -1.37. The first kappa shape index (κ1) is 36.6. The van der Waals surface area contributed by atoms with Crippen LogP contribution in [0.1, 0.15) is 66.7 Å². The molecule has 0 radical (unpaired) electrons. The predicted molar refractivity (Wildman–Crippen MR) is 188 cm³/mol. The Kier molecular flexibility index (Phi) is 10.3. The van der Waals surface area contributed by atoms with Crippen LogP contribution < -0.4 is 15.8 Å². The number of hydrogen-bond acceptors (Lipinski definition) is 8. The number of esters is 1. The summed E-state index contributed by atoms with van der Waals surface area (Å²) in [4.78, 5) is 43.2. The molecule has 3 aliphatic heterocycles. The smallest absolute Gasteiger partial charge is 0.336 e. The number of primary amides is 1. The number of fused-ring (bicyclic) bond motifs is 2. The van der Waals surface area contributed by atoms with Gasteiger partial charge in [0.1, 0.15) is 12.1 Å². The number of carbonyl (C=O) groups excluding carboxylic acids is 3. The standard InChI is InChI=1S/C40H43F3N4O6/c1-23-6-10-26(11-7-23)34(37(44)48)40-20-28(25-12-8-24(9-13-25)4-3-19-52-36-30(42)17-16-29(41)35(36)43)33(39(50)53-27-14-15-27)31(45-40)21-46(22-40)38(49)32-5-2-18-47(32)51/h6-13,16-17,27,31-32,34,45,51H,2-5,14-15,18-22H2,1H3,(H2,44,48)/t31-,32?,34?,40+/m0/s1. The molecule has 53 heavy (non-hydrogen) atoms. The second-order valence-corrected chi connectivity index (χ2v) is 14.6. The lowest BCUT2D eigenvalue weighted by atomic mass is 9.67. The number of benzene rings is 3. The second-order valence-electron chi connectivity index (χ2n) is 14.6. The van der Waals surface area contributed by atoms with E-state index in [1.165, 1.54) is 0 Å². The zero-order valence-electron chi connectivity index (χ0n) is 29.5. The fourth-order valence-electron chi connectivity index (χ4n) is 8.02. The maximum atomic E-state index is 14.0. The molecule has 4 N–H and O–H groups in total. The number of piperazine rings is 1. The SMILES string of the molecule is Cc1ccc(C(C(N)=O)[C@@]23CC(c4ccc(CCCOc5c(F)ccc(F)c5F)cc4)=C(C(=O)OC4CC4)[C@H](CN(C(=O)C4CCCN4O)C2)N3)cc1. The molecule has 3 aromatic carbocycles. The average molecular weight is 733 g/mol. The molecule has 2 saturated heterocycles. The Hall–Kier alpha value is -4.72. The van der Waals surface area contributed by atoms with Crippen molar-refractivity contribution in [2.45, 2.75) is 81.5 Å². The summed E-state index contributed by atoms with van der Waals surface area (Å²) in [5, 5.41) is 15.2. The van der Waals surface area contributed by atoms with Crippen LogP contribution >= 0.6 is 0 Å². The van der Waals surface area contributed by atoms with E-state index in [1.54, 1.807) is 4.90 Å². The highest BCUT2D eigenvalue weighted by atomic mass is 19.2. The van der Waals surface area contributed by atoms with Crippen LogP contribution in [0.5, 0.6) is 5.75 Å². The summed E-state index contributed by atoms with van der Waals surface area (Å²) in [6.07, 6.45) is 3.54. The van der Waals surface area contributed by atoms with Crippen molar-refractivity contribution in [3.05, 3.63) is 106 Å². The first-order valence-electron chi connectivity index (χ1n) is 18.1. The maximum absolute atomic E-state index is 14.0. The van der Waals surface area contributed by atoms with Gasteiger partial charge >= 0.3 is 5.97 Å². The van der Waals surface area contributed by atoms with E-state index in [0.717, 1.165) is 40.7 Å². The zero-order valence-corrected chi connectivity index (χ0v) is 29.5. The van der Waals surface area contributed by atoms with E-state index in [0.29, 0.717) is 55.0 Å². The summed E-state index contributed by atoms with van der Waals surface area (Å²) < 4.78 is 52.7. The molecule has 4 atom stereocenters. The number of hydrogen-bond donors (Lipinski definition) is 3. The van der Waals surface area contributed by atoms with Gasteiger partial charge in [0.2, 0.25) is 17.6 Å². The third-order valence-corrected chi connectivity index (χ3v) is 10.8. The molecular formula is C40H43F3N4O6. The van der Waals surface area contributed by atoms with Gasteiger partial charge < -0.3 is 25.3 Å². The quantitative estimate of drug-likeness (QED) is 0.135. The first-order valence-corrected chi connectivity index (χ1v) is 18.1. The molecule has 0 aromatic heterocycles. The van der Waals surface area contributed by atoms with Crippen LogP contribution in [0.25, 0.3) is 5.57 Å². The van der Waals surface area contributed by atoms with Crippen molar-refractivity contribution >= 4 is 23.4 Å². The number of nitrogens with one attached hydrogen (secondary N) is 1. The van der Waals surface area contributed by atoms with Crippen LogP contribution in [0.3, 0.4) is 0 Å². The van der Waals surface area contributed by atoms with Crippen LogP contribution in [0.15, 0.2) is 66.2 Å². The Bertz CT molecular complexity index is 1920. The van der Waals surface area contributed by atoms with E-state index in [-0.39, 0.29) is 38.1 Å². The van der Waals surface area contributed by atoms with Crippen molar-refractivity contribution in [1.29, 1.82) is 0 Å². The van der Waals surface area contributed by atoms with Crippen LogP contribution in [0.2, 0.25) is 0 Å². The monoisotopic (exact) mass is 732 g/mol. The number of rotatable bonds is 12. The number of ether oxygens (including phenoxy) is 2. The number of amides is 2. The van der Waals surface area contributed by atoms with Crippen LogP contribution in [0, 0.1) is 24.4 Å². The van der Waals surface area contributed by atoms with Crippen molar-refractivity contribution in [2.24, 2.45) is 5.73 Å². The lowest BCUT2D eigenvalue weighted by Gasteiger charge is -2.54. The summed E-state index contributed by atoms with van der Waals surface area (Å²) in [5.41, 5.74) is 9.46. The highest BCUT2D eigenvalue weighted by molar-refractivity contribution is 6.01. The Balaban J connectivity index is 1.21. The van der Waals surface area contributed by atoms with Gasteiger partial charge in [-0.15, -0.1) is 0 Å². The van der Waals surface area contributed by atoms with Gasteiger partial charge in [-0.05, 0) is 86.3 Å². The highest BCUT2D eigenvalue weighted by Crippen LogP contribution is 2.46. The fraction of sp³-hybridized carbons (Fsp3) is 0.425. The largest absolute Gasteiger partial charge is 0.488 e. The Labute approximate surface area is 305 Å². The lowest BCUT2D eigenvalue weighted by molar-refractivity contribution is -0.159. The van der Waals surface area contributed by atoms with E-state index in [2.05, 4.69) is 5.32 Å². The van der Waals surface area contributed by atoms with Crippen LogP contribution in [-0.2, 0) is 25.5 Å². The van der Waals surface area contributed by atoms with E-state index in [9.17, 15) is 32.8 Å². The van der Waals surface area contributed by atoms with Gasteiger partial charge in [0.05, 0.1) is 29.7 Å². The summed E-state index contributed by atoms with van der Waals surface area (Å²) in [6, 6.07) is 15.1. The number of carbonyl (C=O) groups is 3. The van der Waals surface area contributed by atoms with Gasteiger partial charge in [-0.25, -0.2) is 13.6 Å². The molecule has 0 spiro atoms. The summed E-state index contributed by atoms with van der Waals surface area (Å²) in [7, 11) is 0. The molecule has 4 aliphatic rings. The third-order valence-electron chi connectivity index (χ3n) is 10.8. The Morgan fingerprint density at radius 3 is 2.38 bits per heavy atom. The first-order chi connectivity index (χ1) is 25.4. The van der Waals surface area contributed by atoms with E-state index in [4.69, 9.17) is 15.2 Å². The molecule has 1 aliphatic carbocycles. The number of halogens is 3. The topological polar surface area (TPSA) is 134 Å². The molecule has 3 aromatic rings. The van der Waals surface area contributed by atoms with E-state index in [1.807, 2.05) is 55.5 Å². The van der Waals surface area contributed by atoms with Crippen LogP contribution in [-0.4, -0.2) is 82.9 Å². The molecule has 1 saturated carbocycles. The van der Waals surface area contributed by atoms with Gasteiger partial charge in [-0.3, -0.25) is 14.9 Å². The molecule has 2 unspecified atom stereocenters. The third kappa shape index (κ3) is 7.55. The number of aryl methyl sites for hydroxylation is 2. The molecular weight excluding hydrogens is 689 g/mol. The van der Waals surface area contributed by atoms with Crippen molar-refractivity contribution in [3.63, 3.8) is 0 Å². The average Bonchev–Trinajstić information content (AvgIpc) is 3.85. The molecule has 10 nitrogen and oxygen atoms in total. The van der Waals surface area contributed by atoms with Gasteiger partial charge in [-0.1, -0.05) is 54.1 Å². The van der Waals surface area contributed by atoms with E-state index < -0.39 is 58.6 Å². The van der Waals surface area contributed by atoms with Crippen molar-refractivity contribution in [1.82, 2.24) is 15.3 Å². The molecule has 280 valence electrons. The Morgan fingerprint density at radius 2 is 1.72 bits per heavy atom. The van der Waals surface area contributed by atoms with Gasteiger partial charge in [0.15, 0.2) is 17.4 Å². The fourth-order valence-corrected chi connectivity index (χ4v) is 8.02. The minimum absolute atomic E-state index is 0.0468. The molecule has 7 rings (SSSR count). The summed E-state index contributed by atoms with van der Waals surface area (Å²) >= 11 is 0. The normalized spacial score (nSPS) is 23.5. The highest BCUT2D eigenvalue weighted by Gasteiger charge is 2.55. The molecule has 2 amide bonds. The zero-order chi connectivity index (χ0) is 37.4. The molecule has 2 bridgehead atoms. The van der Waals surface area contributed by atoms with Gasteiger partial charge in [-0.2, -0.15) is 9.45 Å². The van der Waals surface area contributed by atoms with Crippen molar-refractivity contribution in [3.8, 4) is 5.75 Å². The van der Waals surface area contributed by atoms with Gasteiger partial charge in [0, 0.05) is 19.6 Å². The maximum Gasteiger partial charge on any atom is 0.336 e. The van der Waals surface area contributed by atoms with E-state index >= 15 is 0 Å². The molecule has 3 fully saturated rings. The number of nitrogens with two attached hydrogens (primary N) is 1. The van der Waals surface area contributed by atoms with Crippen molar-refractivity contribution < 1.29 is 42.2 Å². The second kappa shape index (κ2) is 15.0. The molecule has 3 heterocycles. The Morgan fingerprint density at radius 1 is 1.00 bits per heavy atom. The minimum Gasteiger partial charge on any atom is -0.488 e. The van der Waals surface area contributed by atoms with Crippen molar-refractivity contribution in [2.75, 3.05) is 26.2 Å². The summed E-state index contributed by atoms with van der Waals surface area (Å²) in [5.74, 6) is -6.54. The number of nitrogens with zero attached hydrogens (tertiary/aromatic N) is 2.